The van der Waals surface area contributed by atoms with Crippen LogP contribution in [-0.2, 0) is 4.79 Å². The highest BCUT2D eigenvalue weighted by Crippen LogP contribution is 2.20. The maximum atomic E-state index is 12.2. The molecule has 0 unspecified atom stereocenters. The first-order valence-corrected chi connectivity index (χ1v) is 7.82. The number of nitrogens with one attached hydrogen (secondary N) is 1. The van der Waals surface area contributed by atoms with E-state index in [1.165, 1.54) is 16.8 Å². The predicted molar refractivity (Wildman–Crippen MR) is 95.5 cm³/mol. The average molecular weight is 352 g/mol. The van der Waals surface area contributed by atoms with Crippen molar-refractivity contribution in [1.29, 1.82) is 0 Å². The third-order valence-electron chi connectivity index (χ3n) is 3.52. The molecule has 0 aliphatic heterocycles. The monoisotopic (exact) mass is 352 g/mol. The Labute approximate surface area is 149 Å². The van der Waals surface area contributed by atoms with E-state index in [0.717, 1.165) is 0 Å². The normalized spacial score (nSPS) is 10.3. The van der Waals surface area contributed by atoms with E-state index in [2.05, 4.69) is 10.4 Å². The van der Waals surface area contributed by atoms with Gasteiger partial charge in [-0.1, -0.05) is 18.2 Å². The van der Waals surface area contributed by atoms with Crippen molar-refractivity contribution in [3.8, 4) is 11.4 Å². The first kappa shape index (κ1) is 17.2. The van der Waals surface area contributed by atoms with Gasteiger partial charge in [0.05, 0.1) is 16.3 Å². The number of nitrogens with zero attached hydrogens (tertiary/aromatic N) is 3. The number of non-ortho nitro benzene ring substituents is 1. The van der Waals surface area contributed by atoms with E-state index in [1.807, 2.05) is 18.2 Å². The van der Waals surface area contributed by atoms with Crippen LogP contribution in [0.2, 0.25) is 0 Å². The molecule has 0 spiro atoms. The van der Waals surface area contributed by atoms with Crippen molar-refractivity contribution in [2.75, 3.05) is 11.9 Å². The Hall–Kier alpha value is -3.68. The van der Waals surface area contributed by atoms with Gasteiger partial charge in [-0.15, -0.1) is 0 Å². The number of para-hydroxylation sites is 1. The number of benzene rings is 2. The van der Waals surface area contributed by atoms with Crippen molar-refractivity contribution in [3.63, 3.8) is 0 Å². The highest BCUT2D eigenvalue weighted by atomic mass is 16.6. The Kier molecular flexibility index (Phi) is 4.93. The smallest absolute Gasteiger partial charge is 0.269 e. The van der Waals surface area contributed by atoms with Crippen molar-refractivity contribution in [2.24, 2.45) is 0 Å². The molecular weight excluding hydrogens is 336 g/mol. The van der Waals surface area contributed by atoms with Gasteiger partial charge in [-0.25, -0.2) is 4.68 Å². The average Bonchev–Trinajstić information content (AvgIpc) is 3.01. The van der Waals surface area contributed by atoms with Crippen LogP contribution in [0.1, 0.15) is 5.69 Å². The molecule has 0 aliphatic carbocycles. The summed E-state index contributed by atoms with van der Waals surface area (Å²) >= 11 is 0. The van der Waals surface area contributed by atoms with E-state index in [9.17, 15) is 14.9 Å². The summed E-state index contributed by atoms with van der Waals surface area (Å²) in [5, 5.41) is 17.8. The van der Waals surface area contributed by atoms with Gasteiger partial charge in [0.1, 0.15) is 11.6 Å². The van der Waals surface area contributed by atoms with Crippen molar-refractivity contribution >= 4 is 17.4 Å². The fraction of sp³-hybridized carbons (Fsp3) is 0.111. The van der Waals surface area contributed by atoms with E-state index >= 15 is 0 Å². The van der Waals surface area contributed by atoms with Crippen molar-refractivity contribution in [2.45, 2.75) is 6.92 Å². The molecule has 0 radical (unpaired) electrons. The number of aryl methyl sites for hydroxylation is 1. The molecule has 0 saturated heterocycles. The number of rotatable bonds is 6. The summed E-state index contributed by atoms with van der Waals surface area (Å²) in [6.45, 7) is 1.65. The molecule has 0 atom stereocenters. The van der Waals surface area contributed by atoms with Gasteiger partial charge in [-0.2, -0.15) is 5.10 Å². The molecule has 0 saturated carbocycles. The topological polar surface area (TPSA) is 99.3 Å². The van der Waals surface area contributed by atoms with Crippen LogP contribution in [0.3, 0.4) is 0 Å². The van der Waals surface area contributed by atoms with E-state index in [4.69, 9.17) is 4.74 Å². The minimum absolute atomic E-state index is 0.0144. The minimum Gasteiger partial charge on any atom is -0.484 e. The second-order valence-electron chi connectivity index (χ2n) is 5.51. The van der Waals surface area contributed by atoms with Gasteiger partial charge < -0.3 is 10.1 Å². The number of aromatic nitrogens is 2. The summed E-state index contributed by atoms with van der Waals surface area (Å²) in [6, 6.07) is 16.6. The zero-order valence-electron chi connectivity index (χ0n) is 14.0. The summed E-state index contributed by atoms with van der Waals surface area (Å²) in [7, 11) is 0. The predicted octanol–water partition coefficient (Wildman–Crippen LogP) is 3.11. The summed E-state index contributed by atoms with van der Waals surface area (Å²) in [5.74, 6) is 0.720. The number of nitro groups is 1. The number of anilines is 1. The largest absolute Gasteiger partial charge is 0.484 e. The first-order valence-electron chi connectivity index (χ1n) is 7.82. The van der Waals surface area contributed by atoms with Crippen molar-refractivity contribution in [1.82, 2.24) is 9.78 Å². The molecule has 1 N–H and O–H groups in total. The molecule has 8 nitrogen and oxygen atoms in total. The zero-order valence-corrected chi connectivity index (χ0v) is 14.0. The summed E-state index contributed by atoms with van der Waals surface area (Å²) in [6.07, 6.45) is 0. The van der Waals surface area contributed by atoms with Crippen LogP contribution >= 0.6 is 0 Å². The number of carbonyl (C=O) groups is 1. The number of ether oxygens (including phenoxy) is 1. The standard InChI is InChI=1S/C18H16N4O4/c1-13-11-17(19-18(23)12-26-16-5-3-2-4-6-16)21(20-13)14-7-9-15(10-8-14)22(24)25/h2-11H,12H2,1H3,(H,19,23). The SMILES string of the molecule is Cc1cc(NC(=O)COc2ccccc2)n(-c2ccc([N+](=O)[O-])cc2)n1. The van der Waals surface area contributed by atoms with Gasteiger partial charge in [0.25, 0.3) is 11.6 Å². The highest BCUT2D eigenvalue weighted by Gasteiger charge is 2.13. The van der Waals surface area contributed by atoms with Crippen LogP contribution in [0.4, 0.5) is 11.5 Å². The van der Waals surface area contributed by atoms with E-state index in [0.29, 0.717) is 22.9 Å². The fourth-order valence-electron chi connectivity index (χ4n) is 2.35. The van der Waals surface area contributed by atoms with Crippen molar-refractivity contribution in [3.05, 3.63) is 76.5 Å². The quantitative estimate of drug-likeness (QED) is 0.543. The van der Waals surface area contributed by atoms with Crippen LogP contribution < -0.4 is 10.1 Å². The van der Waals surface area contributed by atoms with Gasteiger partial charge in [0.15, 0.2) is 6.61 Å². The second-order valence-corrected chi connectivity index (χ2v) is 5.51. The molecule has 132 valence electrons. The van der Waals surface area contributed by atoms with Gasteiger partial charge >= 0.3 is 0 Å². The molecule has 8 heteroatoms. The maximum Gasteiger partial charge on any atom is 0.269 e. The molecule has 26 heavy (non-hydrogen) atoms. The molecule has 1 amide bonds. The Morgan fingerprint density at radius 2 is 1.88 bits per heavy atom. The fourth-order valence-corrected chi connectivity index (χ4v) is 2.35. The number of amides is 1. The summed E-state index contributed by atoms with van der Waals surface area (Å²) in [4.78, 5) is 22.5. The lowest BCUT2D eigenvalue weighted by Gasteiger charge is -2.10. The van der Waals surface area contributed by atoms with Gasteiger partial charge in [-0.05, 0) is 31.2 Å². The molecule has 1 aromatic heterocycles. The lowest BCUT2D eigenvalue weighted by molar-refractivity contribution is -0.384. The molecule has 2 aromatic carbocycles. The lowest BCUT2D eigenvalue weighted by atomic mass is 10.3. The van der Waals surface area contributed by atoms with Crippen molar-refractivity contribution < 1.29 is 14.5 Å². The molecule has 0 bridgehead atoms. The third-order valence-corrected chi connectivity index (χ3v) is 3.52. The van der Waals surface area contributed by atoms with Crippen LogP contribution in [0, 0.1) is 17.0 Å². The van der Waals surface area contributed by atoms with Crippen LogP contribution in [0.5, 0.6) is 5.75 Å². The highest BCUT2D eigenvalue weighted by molar-refractivity contribution is 5.91. The van der Waals surface area contributed by atoms with Gasteiger partial charge in [0, 0.05) is 18.2 Å². The Bertz CT molecular complexity index is 920. The minimum atomic E-state index is -0.471. The van der Waals surface area contributed by atoms with Gasteiger partial charge in [-0.3, -0.25) is 14.9 Å². The van der Waals surface area contributed by atoms with Gasteiger partial charge in [0.2, 0.25) is 0 Å². The van der Waals surface area contributed by atoms with Crippen LogP contribution in [0.25, 0.3) is 5.69 Å². The van der Waals surface area contributed by atoms with E-state index in [-0.39, 0.29) is 18.2 Å². The Morgan fingerprint density at radius 1 is 1.19 bits per heavy atom. The Morgan fingerprint density at radius 3 is 2.54 bits per heavy atom. The molecular formula is C18H16N4O4. The number of hydrogen-bond donors (Lipinski definition) is 1. The number of hydrogen-bond acceptors (Lipinski definition) is 5. The molecule has 3 rings (SSSR count). The lowest BCUT2D eigenvalue weighted by Crippen LogP contribution is -2.21. The molecule has 0 aliphatic rings. The summed E-state index contributed by atoms with van der Waals surface area (Å²) in [5.41, 5.74) is 1.28. The van der Waals surface area contributed by atoms with E-state index in [1.54, 1.807) is 37.3 Å². The van der Waals surface area contributed by atoms with E-state index < -0.39 is 4.92 Å². The second kappa shape index (κ2) is 7.47. The molecule has 1 heterocycles. The Balaban J connectivity index is 1.72. The van der Waals surface area contributed by atoms with Crippen LogP contribution in [0.15, 0.2) is 60.7 Å². The number of carbonyl (C=O) groups excluding carboxylic acids is 1. The number of nitro benzene ring substituents is 1. The third kappa shape index (κ3) is 4.04. The summed E-state index contributed by atoms with van der Waals surface area (Å²) < 4.78 is 6.93. The maximum absolute atomic E-state index is 12.2. The molecule has 0 fully saturated rings. The molecule has 3 aromatic rings. The van der Waals surface area contributed by atoms with Crippen LogP contribution in [-0.4, -0.2) is 27.2 Å². The zero-order chi connectivity index (χ0) is 18.5. The first-order chi connectivity index (χ1) is 12.5.